The maximum Gasteiger partial charge on any atom is 0.304 e. The summed E-state index contributed by atoms with van der Waals surface area (Å²) in [4.78, 5) is 15.5. The number of fused-ring (bicyclic) bond motifs is 2. The van der Waals surface area contributed by atoms with Gasteiger partial charge in [-0.2, -0.15) is 4.98 Å². The lowest BCUT2D eigenvalue weighted by Gasteiger charge is -2.19. The fourth-order valence-electron chi connectivity index (χ4n) is 5.83. The molecule has 0 bridgehead atoms. The van der Waals surface area contributed by atoms with Gasteiger partial charge in [-0.1, -0.05) is 17.3 Å². The molecule has 0 amide bonds. The predicted molar refractivity (Wildman–Crippen MR) is 138 cm³/mol. The monoisotopic (exact) mass is 514 g/mol. The van der Waals surface area contributed by atoms with Gasteiger partial charge in [0.2, 0.25) is 11.7 Å². The molecule has 0 saturated carbocycles. The van der Waals surface area contributed by atoms with Crippen molar-refractivity contribution in [1.82, 2.24) is 10.1 Å². The first-order chi connectivity index (χ1) is 18.3. The molecule has 194 valence electrons. The lowest BCUT2D eigenvalue weighted by atomic mass is 9.89. The van der Waals surface area contributed by atoms with E-state index in [1.54, 1.807) is 13.0 Å². The van der Waals surface area contributed by atoms with E-state index in [-0.39, 0.29) is 18.2 Å². The van der Waals surface area contributed by atoms with Crippen molar-refractivity contribution in [3.05, 3.63) is 82.0 Å². The van der Waals surface area contributed by atoms with Gasteiger partial charge in [0, 0.05) is 35.6 Å². The van der Waals surface area contributed by atoms with Gasteiger partial charge < -0.3 is 19.1 Å². The summed E-state index contributed by atoms with van der Waals surface area (Å²) < 4.78 is 32.4. The fraction of sp³-hybridized carbons (Fsp3) is 0.300. The average molecular weight is 515 g/mol. The van der Waals surface area contributed by atoms with Gasteiger partial charge in [0.05, 0.1) is 13.0 Å². The maximum atomic E-state index is 15.2. The van der Waals surface area contributed by atoms with E-state index in [0.717, 1.165) is 38.9 Å². The largest absolute Gasteiger partial charge is 0.492 e. The first-order valence-corrected chi connectivity index (χ1v) is 12.7. The Hall–Kier alpha value is -4.20. The van der Waals surface area contributed by atoms with Gasteiger partial charge in [0.25, 0.3) is 0 Å². The second-order valence-corrected chi connectivity index (χ2v) is 10.1. The molecule has 3 aromatic carbocycles. The number of ether oxygens (including phenoxy) is 2. The highest BCUT2D eigenvalue weighted by atomic mass is 19.1. The maximum absolute atomic E-state index is 15.2. The van der Waals surface area contributed by atoms with Gasteiger partial charge in [-0.3, -0.25) is 4.79 Å². The van der Waals surface area contributed by atoms with Crippen LogP contribution in [0.4, 0.5) is 4.39 Å². The highest BCUT2D eigenvalue weighted by Gasteiger charge is 2.32. The van der Waals surface area contributed by atoms with Crippen LogP contribution in [0.1, 0.15) is 58.6 Å². The molecule has 4 aromatic rings. The zero-order chi connectivity index (χ0) is 26.6. The average Bonchev–Trinajstić information content (AvgIpc) is 3.59. The summed E-state index contributed by atoms with van der Waals surface area (Å²) in [7, 11) is 0. The highest BCUT2D eigenvalue weighted by Crippen LogP contribution is 2.45. The molecule has 0 spiro atoms. The summed E-state index contributed by atoms with van der Waals surface area (Å²) in [5, 5.41) is 13.2. The molecule has 0 fully saturated rings. The van der Waals surface area contributed by atoms with Crippen LogP contribution < -0.4 is 9.47 Å². The summed E-state index contributed by atoms with van der Waals surface area (Å²) in [5.41, 5.74) is 7.47. The Balaban J connectivity index is 1.31. The number of nitrogens with zero attached hydrogens (tertiary/aromatic N) is 2. The van der Waals surface area contributed by atoms with Crippen molar-refractivity contribution >= 4 is 5.97 Å². The zero-order valence-electron chi connectivity index (χ0n) is 21.4. The van der Waals surface area contributed by atoms with Crippen molar-refractivity contribution in [2.24, 2.45) is 0 Å². The van der Waals surface area contributed by atoms with Crippen LogP contribution in [0.25, 0.3) is 22.5 Å². The summed E-state index contributed by atoms with van der Waals surface area (Å²) in [6.45, 7) is 6.18. The van der Waals surface area contributed by atoms with Crippen LogP contribution in [-0.4, -0.2) is 27.8 Å². The molecular formula is C30H27FN2O5. The molecule has 0 radical (unpaired) electrons. The van der Waals surface area contributed by atoms with Crippen molar-refractivity contribution in [3.8, 4) is 34.0 Å². The van der Waals surface area contributed by atoms with Crippen molar-refractivity contribution in [1.29, 1.82) is 0 Å². The number of hydrogen-bond donors (Lipinski definition) is 1. The Morgan fingerprint density at radius 3 is 2.63 bits per heavy atom. The van der Waals surface area contributed by atoms with Gasteiger partial charge in [0.15, 0.2) is 0 Å². The molecule has 2 atom stereocenters. The summed E-state index contributed by atoms with van der Waals surface area (Å²) in [5.74, 6) is 0.956. The molecule has 1 N–H and O–H groups in total. The molecule has 7 nitrogen and oxygen atoms in total. The third-order valence-corrected chi connectivity index (χ3v) is 7.43. The minimum absolute atomic E-state index is 0.0196. The Labute approximate surface area is 219 Å². The normalized spacial score (nSPS) is 17.7. The summed E-state index contributed by atoms with van der Waals surface area (Å²) in [6.07, 6.45) is 0.939. The number of aromatic nitrogens is 2. The lowest BCUT2D eigenvalue weighted by molar-refractivity contribution is -0.137. The molecule has 2 aliphatic rings. The van der Waals surface area contributed by atoms with Crippen molar-refractivity contribution in [2.75, 3.05) is 6.61 Å². The van der Waals surface area contributed by atoms with Crippen molar-refractivity contribution in [3.63, 3.8) is 0 Å². The second-order valence-electron chi connectivity index (χ2n) is 10.1. The number of carboxylic acid groups (broad SMARTS) is 1. The van der Waals surface area contributed by atoms with Gasteiger partial charge in [-0.25, -0.2) is 4.39 Å². The third-order valence-electron chi connectivity index (χ3n) is 7.43. The van der Waals surface area contributed by atoms with Crippen molar-refractivity contribution in [2.45, 2.75) is 52.1 Å². The van der Waals surface area contributed by atoms with E-state index >= 15 is 4.39 Å². The zero-order valence-corrected chi connectivity index (χ0v) is 21.4. The lowest BCUT2D eigenvalue weighted by Crippen LogP contribution is -2.07. The highest BCUT2D eigenvalue weighted by molar-refractivity contribution is 5.78. The van der Waals surface area contributed by atoms with E-state index in [4.69, 9.17) is 19.1 Å². The number of halogens is 1. The minimum Gasteiger partial charge on any atom is -0.492 e. The predicted octanol–water partition coefficient (Wildman–Crippen LogP) is 6.48. The molecular weight excluding hydrogens is 487 g/mol. The van der Waals surface area contributed by atoms with Crippen LogP contribution in [0.15, 0.2) is 47.0 Å². The van der Waals surface area contributed by atoms with Crippen LogP contribution in [0.2, 0.25) is 0 Å². The van der Waals surface area contributed by atoms with Gasteiger partial charge in [-0.15, -0.1) is 0 Å². The Bertz CT molecular complexity index is 1550. The van der Waals surface area contributed by atoms with Gasteiger partial charge >= 0.3 is 5.97 Å². The standard InChI is InChI=1S/C30H27FN2O5/c1-15-10-18(30-32-17(3)38-33-30)11-16(2)28(15)22-6-8-24(31)29-23(22)7-9-25(29)37-20-4-5-21-19(12-27(34)35)14-36-26(21)13-20/h4-6,8,10-11,13,19,25H,7,9,12,14H2,1-3H3,(H,34,35)/t19-,25-/m1/s1. The SMILES string of the molecule is Cc1nc(-c2cc(C)c(-c3ccc(F)c4c3CC[C@H]4Oc3ccc4c(c3)OC[C@H]4CC(=O)O)c(C)c2)no1. The molecule has 2 heterocycles. The topological polar surface area (TPSA) is 94.7 Å². The fourth-order valence-corrected chi connectivity index (χ4v) is 5.83. The Morgan fingerprint density at radius 2 is 1.92 bits per heavy atom. The van der Waals surface area contributed by atoms with Crippen LogP contribution in [0, 0.1) is 26.6 Å². The first-order valence-electron chi connectivity index (χ1n) is 12.7. The number of aliphatic carboxylic acids is 1. The van der Waals surface area contributed by atoms with Crippen LogP contribution >= 0.6 is 0 Å². The van der Waals surface area contributed by atoms with E-state index in [0.29, 0.717) is 48.2 Å². The molecule has 0 saturated heterocycles. The van der Waals surface area contributed by atoms with Crippen LogP contribution in [0.3, 0.4) is 0 Å². The third kappa shape index (κ3) is 4.20. The number of aryl methyl sites for hydroxylation is 3. The molecule has 1 aromatic heterocycles. The molecule has 8 heteroatoms. The van der Waals surface area contributed by atoms with E-state index in [2.05, 4.69) is 10.1 Å². The quantitative estimate of drug-likeness (QED) is 0.314. The van der Waals surface area contributed by atoms with Crippen LogP contribution in [0.5, 0.6) is 11.5 Å². The molecule has 1 aliphatic carbocycles. The van der Waals surface area contributed by atoms with E-state index < -0.39 is 12.1 Å². The number of benzene rings is 3. The summed E-state index contributed by atoms with van der Waals surface area (Å²) >= 11 is 0. The minimum atomic E-state index is -0.856. The van der Waals surface area contributed by atoms with E-state index in [1.807, 2.05) is 44.2 Å². The van der Waals surface area contributed by atoms with Crippen molar-refractivity contribution < 1.29 is 28.3 Å². The first kappa shape index (κ1) is 24.2. The Kier molecular flexibility index (Phi) is 5.90. The summed E-state index contributed by atoms with van der Waals surface area (Å²) in [6, 6.07) is 12.9. The number of carboxylic acids is 1. The molecule has 0 unspecified atom stereocenters. The van der Waals surface area contributed by atoms with Gasteiger partial charge in [0.1, 0.15) is 23.4 Å². The Morgan fingerprint density at radius 1 is 1.13 bits per heavy atom. The number of carbonyl (C=O) groups is 1. The van der Waals surface area contributed by atoms with E-state index in [1.165, 1.54) is 6.07 Å². The van der Waals surface area contributed by atoms with E-state index in [9.17, 15) is 4.79 Å². The number of hydrogen-bond acceptors (Lipinski definition) is 6. The molecule has 1 aliphatic heterocycles. The molecule has 6 rings (SSSR count). The smallest absolute Gasteiger partial charge is 0.304 e. The number of rotatable bonds is 6. The van der Waals surface area contributed by atoms with Gasteiger partial charge in [-0.05, 0) is 78.8 Å². The second kappa shape index (κ2) is 9.28. The molecule has 38 heavy (non-hydrogen) atoms. The van der Waals surface area contributed by atoms with Crippen LogP contribution in [-0.2, 0) is 11.2 Å².